The highest BCUT2D eigenvalue weighted by Gasteiger charge is 2.45. The molecule has 2 aliphatic heterocycles. The second-order valence-electron chi connectivity index (χ2n) is 8.24. The molecule has 2 amide bonds. The van der Waals surface area contributed by atoms with Crippen LogP contribution in [0, 0.1) is 5.92 Å². The van der Waals surface area contributed by atoms with Crippen molar-refractivity contribution in [2.45, 2.75) is 25.0 Å². The molecule has 0 spiro atoms. The van der Waals surface area contributed by atoms with Gasteiger partial charge in [0, 0.05) is 31.9 Å². The van der Waals surface area contributed by atoms with E-state index in [1.165, 1.54) is 11.1 Å². The van der Waals surface area contributed by atoms with Crippen molar-refractivity contribution in [3.05, 3.63) is 66.4 Å². The molecule has 4 rings (SSSR count). The molecule has 2 N–H and O–H groups in total. The molecule has 1 aromatic carbocycles. The van der Waals surface area contributed by atoms with Gasteiger partial charge >= 0.3 is 0 Å². The number of ether oxygens (including phenoxy) is 1. The number of likely N-dealkylation sites (tertiary alicyclic amines) is 1. The minimum absolute atomic E-state index is 0.110. The monoisotopic (exact) mass is 436 g/mol. The number of nitrogens with one attached hydrogen (secondary N) is 1. The first kappa shape index (κ1) is 22.0. The summed E-state index contributed by atoms with van der Waals surface area (Å²) in [5.74, 6) is -0.962. The zero-order valence-corrected chi connectivity index (χ0v) is 18.1. The van der Waals surface area contributed by atoms with Crippen molar-refractivity contribution in [1.29, 1.82) is 0 Å². The zero-order valence-electron chi connectivity index (χ0n) is 18.1. The predicted octanol–water partition coefficient (Wildman–Crippen LogP) is 1.97. The molecule has 3 unspecified atom stereocenters. The van der Waals surface area contributed by atoms with E-state index >= 15 is 0 Å². The van der Waals surface area contributed by atoms with E-state index in [1.807, 2.05) is 36.2 Å². The Kier molecular flexibility index (Phi) is 6.82. The Bertz CT molecular complexity index is 966. The number of aromatic nitrogens is 1. The topological polar surface area (TPSA) is 95.0 Å². The second kappa shape index (κ2) is 9.93. The van der Waals surface area contributed by atoms with Crippen LogP contribution in [-0.2, 0) is 9.59 Å². The predicted molar refractivity (Wildman–Crippen MR) is 119 cm³/mol. The minimum Gasteiger partial charge on any atom is -0.473 e. The fourth-order valence-corrected chi connectivity index (χ4v) is 4.57. The third-order valence-electron chi connectivity index (χ3n) is 6.15. The van der Waals surface area contributed by atoms with E-state index in [0.29, 0.717) is 31.9 Å². The first-order chi connectivity index (χ1) is 15.6. The average Bonchev–Trinajstić information content (AvgIpc) is 2.84. The van der Waals surface area contributed by atoms with Gasteiger partial charge in [-0.3, -0.25) is 19.7 Å². The van der Waals surface area contributed by atoms with Crippen molar-refractivity contribution in [1.82, 2.24) is 20.3 Å². The Morgan fingerprint density at radius 1 is 1.16 bits per heavy atom. The molecule has 1 aromatic heterocycles. The lowest BCUT2D eigenvalue weighted by atomic mass is 9.86. The second-order valence-corrected chi connectivity index (χ2v) is 8.24. The number of benzene rings is 1. The van der Waals surface area contributed by atoms with Gasteiger partial charge in [0.25, 0.3) is 0 Å². The number of rotatable bonds is 5. The summed E-state index contributed by atoms with van der Waals surface area (Å²) in [4.78, 5) is 33.7. The van der Waals surface area contributed by atoms with E-state index in [1.54, 1.807) is 28.7 Å². The van der Waals surface area contributed by atoms with Gasteiger partial charge in [-0.2, -0.15) is 0 Å². The fraction of sp³-hybridized carbons (Fsp3) is 0.375. The molecule has 0 saturated carbocycles. The molecule has 3 atom stereocenters. The normalized spacial score (nSPS) is 23.9. The summed E-state index contributed by atoms with van der Waals surface area (Å²) in [6, 6.07) is 14.8. The Labute approximate surface area is 187 Å². The lowest BCUT2D eigenvalue weighted by Crippen LogP contribution is -2.60. The molecule has 0 bridgehead atoms. The van der Waals surface area contributed by atoms with Crippen LogP contribution in [0.4, 0.5) is 0 Å². The maximum absolute atomic E-state index is 13.4. The summed E-state index contributed by atoms with van der Waals surface area (Å²) in [5, 5.41) is 9.31. The van der Waals surface area contributed by atoms with E-state index < -0.39 is 17.9 Å². The van der Waals surface area contributed by atoms with Crippen LogP contribution < -0.4 is 10.2 Å². The van der Waals surface area contributed by atoms with Gasteiger partial charge in [-0.05, 0) is 37.1 Å². The number of hydrogen-bond acceptors (Lipinski definition) is 6. The maximum Gasteiger partial charge on any atom is 0.248 e. The molecule has 1 saturated heterocycles. The zero-order chi connectivity index (χ0) is 22.5. The molecule has 168 valence electrons. The Hall–Kier alpha value is -3.23. The molecular formula is C24H28N4O4. The van der Waals surface area contributed by atoms with Gasteiger partial charge in [-0.25, -0.2) is 10.5 Å². The van der Waals surface area contributed by atoms with Crippen molar-refractivity contribution < 1.29 is 19.5 Å². The van der Waals surface area contributed by atoms with Gasteiger partial charge in [-0.15, -0.1) is 0 Å². The number of hydroxylamine groups is 1. The van der Waals surface area contributed by atoms with Crippen LogP contribution in [0.25, 0.3) is 5.57 Å². The highest BCUT2D eigenvalue weighted by molar-refractivity contribution is 5.90. The summed E-state index contributed by atoms with van der Waals surface area (Å²) in [7, 11) is 1.81. The Balaban J connectivity index is 1.47. The molecule has 32 heavy (non-hydrogen) atoms. The number of likely N-dealkylation sites (N-methyl/N-ethyl adjacent to an activating group) is 1. The lowest BCUT2D eigenvalue weighted by molar-refractivity contribution is -0.151. The number of carbonyl (C=O) groups excluding carboxylic acids is 2. The van der Waals surface area contributed by atoms with Gasteiger partial charge in [0.2, 0.25) is 17.7 Å². The summed E-state index contributed by atoms with van der Waals surface area (Å²) in [6.45, 7) is 1.56. The summed E-state index contributed by atoms with van der Waals surface area (Å²) >= 11 is 0. The number of pyridine rings is 1. The molecule has 1 fully saturated rings. The van der Waals surface area contributed by atoms with Crippen molar-refractivity contribution in [3.63, 3.8) is 0 Å². The van der Waals surface area contributed by atoms with Crippen LogP contribution in [0.3, 0.4) is 0 Å². The van der Waals surface area contributed by atoms with Crippen LogP contribution in [0.1, 0.15) is 18.4 Å². The first-order valence-corrected chi connectivity index (χ1v) is 10.8. The van der Waals surface area contributed by atoms with Gasteiger partial charge in [0.05, 0.1) is 5.92 Å². The number of nitrogens with zero attached hydrogens (tertiary/aromatic N) is 3. The average molecular weight is 437 g/mol. The number of piperidine rings is 1. The van der Waals surface area contributed by atoms with Crippen LogP contribution in [0.2, 0.25) is 0 Å². The first-order valence-electron chi connectivity index (χ1n) is 10.8. The largest absolute Gasteiger partial charge is 0.473 e. The van der Waals surface area contributed by atoms with Gasteiger partial charge in [0.15, 0.2) is 0 Å². The summed E-state index contributed by atoms with van der Waals surface area (Å²) in [6.07, 6.45) is 4.46. The lowest BCUT2D eigenvalue weighted by Gasteiger charge is -2.42. The molecule has 8 heteroatoms. The van der Waals surface area contributed by atoms with E-state index in [-0.39, 0.29) is 12.0 Å². The SMILES string of the molecule is CN1CC(Oc2ccccn2)CC(C(=O)NO)C1C(=O)N1CC=C(c2ccccc2)CC1. The highest BCUT2D eigenvalue weighted by atomic mass is 16.5. The molecule has 0 aliphatic carbocycles. The van der Waals surface area contributed by atoms with Crippen molar-refractivity contribution >= 4 is 17.4 Å². The van der Waals surface area contributed by atoms with Crippen LogP contribution in [-0.4, -0.2) is 70.6 Å². The van der Waals surface area contributed by atoms with E-state index in [4.69, 9.17) is 4.74 Å². The number of amides is 2. The minimum atomic E-state index is -0.737. The van der Waals surface area contributed by atoms with Gasteiger partial charge in [0.1, 0.15) is 12.1 Å². The number of hydrogen-bond donors (Lipinski definition) is 2. The third-order valence-corrected chi connectivity index (χ3v) is 6.15. The quantitative estimate of drug-likeness (QED) is 0.550. The van der Waals surface area contributed by atoms with Crippen molar-refractivity contribution in [2.24, 2.45) is 5.92 Å². The van der Waals surface area contributed by atoms with E-state index in [0.717, 1.165) is 6.42 Å². The molecular weight excluding hydrogens is 408 g/mol. The summed E-state index contributed by atoms with van der Waals surface area (Å²) < 4.78 is 5.94. The molecule has 8 nitrogen and oxygen atoms in total. The van der Waals surface area contributed by atoms with Crippen LogP contribution >= 0.6 is 0 Å². The smallest absolute Gasteiger partial charge is 0.248 e. The standard InChI is InChI=1S/C24H28N4O4/c1-27-16-19(32-21-9-5-6-12-25-21)15-20(23(29)26-31)22(27)24(30)28-13-10-18(11-14-28)17-7-3-2-4-8-17/h2-10,12,19-20,22,31H,11,13-16H2,1H3,(H,26,29). The number of carbonyl (C=O) groups is 2. The van der Waals surface area contributed by atoms with E-state index in [2.05, 4.69) is 23.2 Å². The van der Waals surface area contributed by atoms with E-state index in [9.17, 15) is 14.8 Å². The Morgan fingerprint density at radius 3 is 2.59 bits per heavy atom. The molecule has 3 heterocycles. The van der Waals surface area contributed by atoms with Crippen LogP contribution in [0.5, 0.6) is 5.88 Å². The van der Waals surface area contributed by atoms with Crippen molar-refractivity contribution in [2.75, 3.05) is 26.7 Å². The van der Waals surface area contributed by atoms with Crippen molar-refractivity contribution in [3.8, 4) is 5.88 Å². The molecule has 0 radical (unpaired) electrons. The molecule has 2 aliphatic rings. The highest BCUT2D eigenvalue weighted by Crippen LogP contribution is 2.29. The maximum atomic E-state index is 13.4. The summed E-state index contributed by atoms with van der Waals surface area (Å²) in [5.41, 5.74) is 4.13. The Morgan fingerprint density at radius 2 is 1.94 bits per heavy atom. The third kappa shape index (κ3) is 4.81. The fourth-order valence-electron chi connectivity index (χ4n) is 4.57. The van der Waals surface area contributed by atoms with Crippen LogP contribution in [0.15, 0.2) is 60.8 Å². The van der Waals surface area contributed by atoms with Gasteiger partial charge < -0.3 is 9.64 Å². The molecule has 2 aromatic rings. The van der Waals surface area contributed by atoms with Gasteiger partial charge in [-0.1, -0.05) is 42.5 Å².